The number of hydrogen-bond acceptors (Lipinski definition) is 5. The monoisotopic (exact) mass is 301 g/mol. The van der Waals surface area contributed by atoms with Gasteiger partial charge in [0.15, 0.2) is 0 Å². The maximum Gasteiger partial charge on any atom is 0.326 e. The molecule has 1 amide bonds. The number of carboxylic acid groups (broad SMARTS) is 1. The molecule has 0 aromatic carbocycles. The second-order valence-corrected chi connectivity index (χ2v) is 4.98. The SMILES string of the molecule is CCOC(=O)CC[C@H](NC(=O)CCC1CCCO1)C(=O)O. The maximum atomic E-state index is 11.7. The molecule has 1 heterocycles. The Morgan fingerprint density at radius 2 is 2.14 bits per heavy atom. The molecular formula is C14H23NO6. The summed E-state index contributed by atoms with van der Waals surface area (Å²) in [5.41, 5.74) is 0. The van der Waals surface area contributed by atoms with Gasteiger partial charge in [-0.1, -0.05) is 0 Å². The van der Waals surface area contributed by atoms with Gasteiger partial charge in [-0.05, 0) is 32.6 Å². The van der Waals surface area contributed by atoms with Crippen LogP contribution in [0.2, 0.25) is 0 Å². The van der Waals surface area contributed by atoms with Gasteiger partial charge in [-0.25, -0.2) is 4.79 Å². The van der Waals surface area contributed by atoms with Gasteiger partial charge in [0.05, 0.1) is 12.7 Å². The molecule has 0 aliphatic carbocycles. The van der Waals surface area contributed by atoms with E-state index in [1.165, 1.54) is 0 Å². The number of hydrogen-bond donors (Lipinski definition) is 2. The summed E-state index contributed by atoms with van der Waals surface area (Å²) in [6.07, 6.45) is 2.86. The van der Waals surface area contributed by atoms with Crippen molar-refractivity contribution in [2.45, 2.75) is 57.6 Å². The summed E-state index contributed by atoms with van der Waals surface area (Å²) in [4.78, 5) is 34.0. The Kier molecular flexibility index (Phi) is 7.74. The highest BCUT2D eigenvalue weighted by Crippen LogP contribution is 2.16. The lowest BCUT2D eigenvalue weighted by Gasteiger charge is -2.15. The van der Waals surface area contributed by atoms with Gasteiger partial charge in [0, 0.05) is 19.4 Å². The molecule has 0 saturated carbocycles. The van der Waals surface area contributed by atoms with Crippen molar-refractivity contribution in [2.24, 2.45) is 0 Å². The highest BCUT2D eigenvalue weighted by molar-refractivity contribution is 5.84. The molecule has 0 spiro atoms. The molecular weight excluding hydrogens is 278 g/mol. The molecule has 2 N–H and O–H groups in total. The van der Waals surface area contributed by atoms with Crippen molar-refractivity contribution in [3.8, 4) is 0 Å². The summed E-state index contributed by atoms with van der Waals surface area (Å²) < 4.78 is 10.1. The van der Waals surface area contributed by atoms with Crippen LogP contribution in [0.1, 0.15) is 45.4 Å². The fourth-order valence-electron chi connectivity index (χ4n) is 2.18. The molecule has 1 rings (SSSR count). The van der Waals surface area contributed by atoms with Crippen LogP contribution in [0.25, 0.3) is 0 Å². The van der Waals surface area contributed by atoms with Crippen molar-refractivity contribution in [3.05, 3.63) is 0 Å². The van der Waals surface area contributed by atoms with E-state index in [1.807, 2.05) is 0 Å². The Morgan fingerprint density at radius 1 is 1.38 bits per heavy atom. The fourth-order valence-corrected chi connectivity index (χ4v) is 2.18. The van der Waals surface area contributed by atoms with Gasteiger partial charge in [-0.2, -0.15) is 0 Å². The smallest absolute Gasteiger partial charge is 0.326 e. The van der Waals surface area contributed by atoms with Crippen LogP contribution in [0.5, 0.6) is 0 Å². The van der Waals surface area contributed by atoms with Crippen LogP contribution < -0.4 is 5.32 Å². The summed E-state index contributed by atoms with van der Waals surface area (Å²) in [5.74, 6) is -1.94. The third-order valence-electron chi connectivity index (χ3n) is 3.29. The Labute approximate surface area is 124 Å². The molecule has 0 bridgehead atoms. The second kappa shape index (κ2) is 9.33. The summed E-state index contributed by atoms with van der Waals surface area (Å²) in [7, 11) is 0. The molecule has 120 valence electrons. The zero-order valence-corrected chi connectivity index (χ0v) is 12.3. The maximum absolute atomic E-state index is 11.7. The highest BCUT2D eigenvalue weighted by Gasteiger charge is 2.22. The molecule has 2 atom stereocenters. The zero-order chi connectivity index (χ0) is 15.7. The summed E-state index contributed by atoms with van der Waals surface area (Å²) in [6.45, 7) is 2.66. The number of nitrogens with one attached hydrogen (secondary N) is 1. The van der Waals surface area contributed by atoms with Gasteiger partial charge in [0.2, 0.25) is 5.91 Å². The number of carboxylic acids is 1. The van der Waals surface area contributed by atoms with Crippen LogP contribution >= 0.6 is 0 Å². The molecule has 7 heteroatoms. The number of amides is 1. The number of esters is 1. The van der Waals surface area contributed by atoms with Crippen molar-refractivity contribution in [1.82, 2.24) is 5.32 Å². The van der Waals surface area contributed by atoms with Gasteiger partial charge in [0.1, 0.15) is 6.04 Å². The summed E-state index contributed by atoms with van der Waals surface area (Å²) >= 11 is 0. The van der Waals surface area contributed by atoms with Crippen LogP contribution in [0.4, 0.5) is 0 Å². The first-order valence-electron chi connectivity index (χ1n) is 7.32. The Balaban J connectivity index is 2.29. The van der Waals surface area contributed by atoms with E-state index in [9.17, 15) is 14.4 Å². The van der Waals surface area contributed by atoms with Crippen LogP contribution in [0, 0.1) is 0 Å². The fraction of sp³-hybridized carbons (Fsp3) is 0.786. The average molecular weight is 301 g/mol. The second-order valence-electron chi connectivity index (χ2n) is 4.98. The minimum absolute atomic E-state index is 0.0276. The molecule has 0 aromatic rings. The van der Waals surface area contributed by atoms with Gasteiger partial charge >= 0.3 is 11.9 Å². The first-order valence-corrected chi connectivity index (χ1v) is 7.32. The van der Waals surface area contributed by atoms with Crippen LogP contribution in [0.15, 0.2) is 0 Å². The topological polar surface area (TPSA) is 102 Å². The predicted molar refractivity (Wildman–Crippen MR) is 73.6 cm³/mol. The van der Waals surface area contributed by atoms with Crippen molar-refractivity contribution in [3.63, 3.8) is 0 Å². The Bertz CT molecular complexity index is 364. The van der Waals surface area contributed by atoms with E-state index in [1.54, 1.807) is 6.92 Å². The number of aliphatic carboxylic acids is 1. The first-order chi connectivity index (χ1) is 10.0. The van der Waals surface area contributed by atoms with E-state index in [2.05, 4.69) is 5.32 Å². The van der Waals surface area contributed by atoms with Crippen molar-refractivity contribution >= 4 is 17.8 Å². The molecule has 1 aliphatic rings. The third-order valence-corrected chi connectivity index (χ3v) is 3.29. The van der Waals surface area contributed by atoms with Gasteiger partial charge in [-0.15, -0.1) is 0 Å². The molecule has 1 unspecified atom stereocenters. The van der Waals surface area contributed by atoms with E-state index in [4.69, 9.17) is 14.6 Å². The van der Waals surface area contributed by atoms with Gasteiger partial charge in [-0.3, -0.25) is 9.59 Å². The molecule has 1 fully saturated rings. The molecule has 21 heavy (non-hydrogen) atoms. The van der Waals surface area contributed by atoms with E-state index < -0.39 is 18.0 Å². The quantitative estimate of drug-likeness (QED) is 0.612. The highest BCUT2D eigenvalue weighted by atomic mass is 16.5. The molecule has 1 saturated heterocycles. The van der Waals surface area contributed by atoms with Crippen LogP contribution in [-0.4, -0.2) is 48.3 Å². The minimum atomic E-state index is -1.15. The first kappa shape index (κ1) is 17.4. The van der Waals surface area contributed by atoms with Gasteiger partial charge < -0.3 is 19.9 Å². The Morgan fingerprint density at radius 3 is 2.71 bits per heavy atom. The summed E-state index contributed by atoms with van der Waals surface area (Å²) in [5, 5.41) is 11.5. The largest absolute Gasteiger partial charge is 0.480 e. The molecule has 1 aliphatic heterocycles. The van der Waals surface area contributed by atoms with E-state index in [-0.39, 0.29) is 37.9 Å². The standard InChI is InChI=1S/C14H23NO6/c1-2-20-13(17)8-6-11(14(18)19)15-12(16)7-5-10-4-3-9-21-10/h10-11H,2-9H2,1H3,(H,15,16)(H,18,19)/t10?,11-/m0/s1. The third kappa shape index (κ3) is 7.08. The van der Waals surface area contributed by atoms with Crippen LogP contribution in [-0.2, 0) is 23.9 Å². The lowest BCUT2D eigenvalue weighted by Crippen LogP contribution is -2.41. The molecule has 0 aromatic heterocycles. The lowest BCUT2D eigenvalue weighted by atomic mass is 10.1. The van der Waals surface area contributed by atoms with Crippen molar-refractivity contribution in [1.29, 1.82) is 0 Å². The number of rotatable bonds is 9. The number of carbonyl (C=O) groups excluding carboxylic acids is 2. The minimum Gasteiger partial charge on any atom is -0.480 e. The van der Waals surface area contributed by atoms with Crippen molar-refractivity contribution < 1.29 is 29.0 Å². The molecule has 7 nitrogen and oxygen atoms in total. The van der Waals surface area contributed by atoms with E-state index in [0.29, 0.717) is 6.42 Å². The van der Waals surface area contributed by atoms with E-state index in [0.717, 1.165) is 19.4 Å². The number of ether oxygens (including phenoxy) is 2. The molecule has 0 radical (unpaired) electrons. The van der Waals surface area contributed by atoms with Crippen molar-refractivity contribution in [2.75, 3.05) is 13.2 Å². The average Bonchev–Trinajstić information content (AvgIpc) is 2.94. The normalized spacial score (nSPS) is 19.0. The zero-order valence-electron chi connectivity index (χ0n) is 12.3. The lowest BCUT2D eigenvalue weighted by molar-refractivity contribution is -0.145. The Hall–Kier alpha value is -1.63. The van der Waals surface area contributed by atoms with E-state index >= 15 is 0 Å². The van der Waals surface area contributed by atoms with Gasteiger partial charge in [0.25, 0.3) is 0 Å². The predicted octanol–water partition coefficient (Wildman–Crippen LogP) is 0.858. The van der Waals surface area contributed by atoms with Crippen LogP contribution in [0.3, 0.4) is 0 Å². The summed E-state index contributed by atoms with van der Waals surface area (Å²) in [6, 6.07) is -1.06. The number of carbonyl (C=O) groups is 3.